The lowest BCUT2D eigenvalue weighted by atomic mass is 9.86. The number of rotatable bonds is 5. The van der Waals surface area contributed by atoms with Crippen molar-refractivity contribution in [1.29, 1.82) is 0 Å². The van der Waals surface area contributed by atoms with Gasteiger partial charge in [-0.25, -0.2) is 0 Å². The molecule has 0 aromatic heterocycles. The van der Waals surface area contributed by atoms with Crippen LogP contribution in [0.25, 0.3) is 5.76 Å². The van der Waals surface area contributed by atoms with Crippen LogP contribution in [0.5, 0.6) is 0 Å². The first-order valence-electron chi connectivity index (χ1n) is 6.77. The predicted octanol–water partition coefficient (Wildman–Crippen LogP) is 3.69. The molecule has 0 atom stereocenters. The van der Waals surface area contributed by atoms with Crippen LogP contribution in [0.3, 0.4) is 0 Å². The number of carbonyl (C=O) groups is 2. The zero-order chi connectivity index (χ0) is 13.8. The van der Waals surface area contributed by atoms with Crippen LogP contribution in [0.15, 0.2) is 29.8 Å². The van der Waals surface area contributed by atoms with E-state index < -0.39 is 11.6 Å². The highest BCUT2D eigenvalue weighted by Gasteiger charge is 2.31. The molecule has 1 aliphatic carbocycles. The van der Waals surface area contributed by atoms with E-state index in [4.69, 9.17) is 0 Å². The minimum atomic E-state index is -0.548. The van der Waals surface area contributed by atoms with Crippen LogP contribution >= 0.6 is 0 Å². The molecule has 1 aliphatic rings. The number of hydrogen-bond acceptors (Lipinski definition) is 3. The molecule has 100 valence electrons. The van der Waals surface area contributed by atoms with Crippen LogP contribution in [0, 0.1) is 0 Å². The fraction of sp³-hybridized carbons (Fsp3) is 0.375. The van der Waals surface area contributed by atoms with Crippen LogP contribution < -0.4 is 0 Å². The number of allylic oxidation sites excluding steroid dienone is 1. The van der Waals surface area contributed by atoms with Gasteiger partial charge in [0.2, 0.25) is 11.6 Å². The van der Waals surface area contributed by atoms with Crippen molar-refractivity contribution in [2.45, 2.75) is 39.0 Å². The Kier molecular flexibility index (Phi) is 4.15. The molecule has 0 fully saturated rings. The Morgan fingerprint density at radius 1 is 0.947 bits per heavy atom. The Hall–Kier alpha value is -1.90. The molecule has 0 saturated carbocycles. The molecule has 2 rings (SSSR count). The first kappa shape index (κ1) is 13.5. The zero-order valence-electron chi connectivity index (χ0n) is 11.1. The number of hydrogen-bond donors (Lipinski definition) is 1. The van der Waals surface area contributed by atoms with Gasteiger partial charge in [-0.1, -0.05) is 50.5 Å². The van der Waals surface area contributed by atoms with E-state index in [0.29, 0.717) is 17.5 Å². The summed E-state index contributed by atoms with van der Waals surface area (Å²) in [4.78, 5) is 24.0. The summed E-state index contributed by atoms with van der Waals surface area (Å²) in [5.74, 6) is -1.07. The lowest BCUT2D eigenvalue weighted by molar-refractivity contribution is -0.112. The number of carbonyl (C=O) groups excluding carboxylic acids is 2. The zero-order valence-corrected chi connectivity index (χ0v) is 11.1. The van der Waals surface area contributed by atoms with Crippen molar-refractivity contribution < 1.29 is 14.7 Å². The summed E-state index contributed by atoms with van der Waals surface area (Å²) in [5, 5.41) is 10.2. The number of aliphatic hydroxyl groups excluding tert-OH is 1. The molecular weight excluding hydrogens is 240 g/mol. The number of fused-ring (bicyclic) bond motifs is 1. The van der Waals surface area contributed by atoms with E-state index in [0.717, 1.165) is 25.7 Å². The molecule has 1 aromatic carbocycles. The fourth-order valence-corrected chi connectivity index (χ4v) is 2.38. The van der Waals surface area contributed by atoms with Crippen molar-refractivity contribution in [3.8, 4) is 0 Å². The van der Waals surface area contributed by atoms with Gasteiger partial charge in [0.05, 0.1) is 0 Å². The molecule has 0 bridgehead atoms. The van der Waals surface area contributed by atoms with Gasteiger partial charge >= 0.3 is 0 Å². The Labute approximate surface area is 113 Å². The normalized spacial score (nSPS) is 14.8. The highest BCUT2D eigenvalue weighted by atomic mass is 16.3. The first-order chi connectivity index (χ1) is 9.16. The molecule has 3 heteroatoms. The van der Waals surface area contributed by atoms with Gasteiger partial charge in [0.1, 0.15) is 5.76 Å². The average molecular weight is 258 g/mol. The summed E-state index contributed by atoms with van der Waals surface area (Å²) in [5.41, 5.74) is 1.07. The Morgan fingerprint density at radius 3 is 2.32 bits per heavy atom. The lowest BCUT2D eigenvalue weighted by Gasteiger charge is -2.17. The Bertz CT molecular complexity index is 541. The van der Waals surface area contributed by atoms with Crippen molar-refractivity contribution in [3.63, 3.8) is 0 Å². The molecule has 3 nitrogen and oxygen atoms in total. The molecule has 0 amide bonds. The molecule has 0 unspecified atom stereocenters. The number of aliphatic hydroxyl groups is 1. The molecule has 1 aromatic rings. The van der Waals surface area contributed by atoms with E-state index in [-0.39, 0.29) is 11.3 Å². The van der Waals surface area contributed by atoms with Crippen LogP contribution in [-0.2, 0) is 4.79 Å². The van der Waals surface area contributed by atoms with Gasteiger partial charge in [0, 0.05) is 16.7 Å². The van der Waals surface area contributed by atoms with Gasteiger partial charge in [-0.15, -0.1) is 0 Å². The third kappa shape index (κ3) is 2.60. The maximum atomic E-state index is 12.0. The minimum absolute atomic E-state index is 0.0169. The van der Waals surface area contributed by atoms with Crippen LogP contribution in [-0.4, -0.2) is 16.7 Å². The molecule has 1 N–H and O–H groups in total. The first-order valence-corrected chi connectivity index (χ1v) is 6.77. The largest absolute Gasteiger partial charge is 0.507 e. The van der Waals surface area contributed by atoms with Gasteiger partial charge in [-0.3, -0.25) is 9.59 Å². The van der Waals surface area contributed by atoms with Gasteiger partial charge < -0.3 is 5.11 Å². The Balaban J connectivity index is 2.27. The highest BCUT2D eigenvalue weighted by molar-refractivity contribution is 6.52. The number of unbranched alkanes of at least 4 members (excludes halogenated alkanes) is 3. The number of ketones is 2. The molecule has 0 heterocycles. The van der Waals surface area contributed by atoms with Crippen molar-refractivity contribution >= 4 is 17.3 Å². The Morgan fingerprint density at radius 2 is 1.63 bits per heavy atom. The van der Waals surface area contributed by atoms with Crippen LogP contribution in [0.1, 0.15) is 54.9 Å². The predicted molar refractivity (Wildman–Crippen MR) is 74.1 cm³/mol. The standard InChI is InChI=1S/C16H18O3/c1-2-3-4-5-10-13-14(17)11-8-6-7-9-12(11)15(18)16(13)19/h6-9,17H,2-5,10H2,1H3. The maximum absolute atomic E-state index is 12.0. The fourth-order valence-electron chi connectivity index (χ4n) is 2.38. The summed E-state index contributed by atoms with van der Waals surface area (Å²) in [7, 11) is 0. The summed E-state index contributed by atoms with van der Waals surface area (Å²) in [6.07, 6.45) is 4.53. The summed E-state index contributed by atoms with van der Waals surface area (Å²) in [6, 6.07) is 6.72. The number of benzene rings is 1. The maximum Gasteiger partial charge on any atom is 0.234 e. The quantitative estimate of drug-likeness (QED) is 0.647. The summed E-state index contributed by atoms with van der Waals surface area (Å²) >= 11 is 0. The average Bonchev–Trinajstić information content (AvgIpc) is 2.44. The van der Waals surface area contributed by atoms with Crippen molar-refractivity contribution in [3.05, 3.63) is 41.0 Å². The molecule has 0 radical (unpaired) electrons. The minimum Gasteiger partial charge on any atom is -0.507 e. The second-order valence-electron chi connectivity index (χ2n) is 4.84. The van der Waals surface area contributed by atoms with Gasteiger partial charge in [0.25, 0.3) is 0 Å². The highest BCUT2D eigenvalue weighted by Crippen LogP contribution is 2.30. The SMILES string of the molecule is CCCCCCC1=C(O)c2ccccc2C(=O)C1=O. The second-order valence-corrected chi connectivity index (χ2v) is 4.84. The van der Waals surface area contributed by atoms with E-state index in [1.54, 1.807) is 24.3 Å². The second kappa shape index (κ2) is 5.83. The third-order valence-electron chi connectivity index (χ3n) is 3.47. The van der Waals surface area contributed by atoms with Crippen LogP contribution in [0.2, 0.25) is 0 Å². The van der Waals surface area contributed by atoms with Gasteiger partial charge in [-0.05, 0) is 12.8 Å². The molecular formula is C16H18O3. The van der Waals surface area contributed by atoms with E-state index in [9.17, 15) is 14.7 Å². The van der Waals surface area contributed by atoms with Crippen molar-refractivity contribution in [2.75, 3.05) is 0 Å². The monoisotopic (exact) mass is 258 g/mol. The smallest absolute Gasteiger partial charge is 0.234 e. The van der Waals surface area contributed by atoms with Crippen molar-refractivity contribution in [1.82, 2.24) is 0 Å². The van der Waals surface area contributed by atoms with E-state index in [1.165, 1.54) is 0 Å². The third-order valence-corrected chi connectivity index (χ3v) is 3.47. The lowest BCUT2D eigenvalue weighted by Crippen LogP contribution is -2.24. The summed E-state index contributed by atoms with van der Waals surface area (Å²) in [6.45, 7) is 2.11. The van der Waals surface area contributed by atoms with Gasteiger partial charge in [0.15, 0.2) is 0 Å². The molecule has 0 spiro atoms. The van der Waals surface area contributed by atoms with Crippen LogP contribution in [0.4, 0.5) is 0 Å². The van der Waals surface area contributed by atoms with E-state index in [2.05, 4.69) is 6.92 Å². The molecule has 0 saturated heterocycles. The molecule has 0 aliphatic heterocycles. The topological polar surface area (TPSA) is 54.4 Å². The van der Waals surface area contributed by atoms with E-state index in [1.807, 2.05) is 0 Å². The van der Waals surface area contributed by atoms with E-state index >= 15 is 0 Å². The number of Topliss-reactive ketones (excluding diaryl/α,β-unsaturated/α-hetero) is 2. The van der Waals surface area contributed by atoms with Crippen molar-refractivity contribution in [2.24, 2.45) is 0 Å². The van der Waals surface area contributed by atoms with Gasteiger partial charge in [-0.2, -0.15) is 0 Å². The molecule has 19 heavy (non-hydrogen) atoms. The summed E-state index contributed by atoms with van der Waals surface area (Å²) < 4.78 is 0.